The van der Waals surface area contributed by atoms with Crippen LogP contribution < -0.4 is 4.74 Å². The van der Waals surface area contributed by atoms with Crippen molar-refractivity contribution in [1.82, 2.24) is 0 Å². The third-order valence-corrected chi connectivity index (χ3v) is 3.76. The molecule has 2 rings (SSSR count). The maximum absolute atomic E-state index is 13.8. The summed E-state index contributed by atoms with van der Waals surface area (Å²) in [5.74, 6) is -0.167. The van der Waals surface area contributed by atoms with Gasteiger partial charge in [0.25, 0.3) is 0 Å². The molecule has 0 bridgehead atoms. The van der Waals surface area contributed by atoms with Crippen molar-refractivity contribution >= 4 is 34.8 Å². The second-order valence-electron chi connectivity index (χ2n) is 4.31. The Morgan fingerprint density at radius 3 is 2.48 bits per heavy atom. The molecule has 0 saturated heterocycles. The SMILES string of the molecule is CCOc1cc(Cl)c(C(O)c2cc(Cl)ccc2F)cc1Cl. The van der Waals surface area contributed by atoms with Crippen LogP contribution in [-0.4, -0.2) is 11.7 Å². The van der Waals surface area contributed by atoms with Crippen LogP contribution in [0.1, 0.15) is 24.2 Å². The van der Waals surface area contributed by atoms with Crippen LogP contribution in [-0.2, 0) is 0 Å². The van der Waals surface area contributed by atoms with E-state index in [4.69, 9.17) is 39.5 Å². The van der Waals surface area contributed by atoms with Gasteiger partial charge in [-0.25, -0.2) is 4.39 Å². The van der Waals surface area contributed by atoms with Crippen LogP contribution in [0.2, 0.25) is 15.1 Å². The van der Waals surface area contributed by atoms with Crippen LogP contribution in [0.4, 0.5) is 4.39 Å². The Labute approximate surface area is 137 Å². The van der Waals surface area contributed by atoms with E-state index < -0.39 is 11.9 Å². The average molecular weight is 350 g/mol. The van der Waals surface area contributed by atoms with E-state index in [-0.39, 0.29) is 21.2 Å². The molecule has 21 heavy (non-hydrogen) atoms. The third-order valence-electron chi connectivity index (χ3n) is 2.90. The van der Waals surface area contributed by atoms with Crippen molar-refractivity contribution in [3.63, 3.8) is 0 Å². The Morgan fingerprint density at radius 2 is 1.81 bits per heavy atom. The van der Waals surface area contributed by atoms with Crippen LogP contribution in [0.3, 0.4) is 0 Å². The average Bonchev–Trinajstić information content (AvgIpc) is 2.44. The van der Waals surface area contributed by atoms with Gasteiger partial charge in [0.15, 0.2) is 0 Å². The number of hydrogen-bond donors (Lipinski definition) is 1. The molecule has 0 saturated carbocycles. The first-order valence-corrected chi connectivity index (χ1v) is 7.32. The lowest BCUT2D eigenvalue weighted by Crippen LogP contribution is -2.04. The second kappa shape index (κ2) is 6.84. The molecule has 0 aromatic heterocycles. The van der Waals surface area contributed by atoms with Crippen molar-refractivity contribution in [3.05, 3.63) is 62.3 Å². The van der Waals surface area contributed by atoms with Gasteiger partial charge < -0.3 is 9.84 Å². The van der Waals surface area contributed by atoms with E-state index in [1.54, 1.807) is 0 Å². The number of ether oxygens (including phenoxy) is 1. The molecule has 0 aliphatic carbocycles. The van der Waals surface area contributed by atoms with Crippen LogP contribution in [0.5, 0.6) is 5.75 Å². The molecule has 2 nitrogen and oxygen atoms in total. The summed E-state index contributed by atoms with van der Waals surface area (Å²) in [5.41, 5.74) is 0.316. The van der Waals surface area contributed by atoms with Crippen molar-refractivity contribution in [2.24, 2.45) is 0 Å². The van der Waals surface area contributed by atoms with E-state index >= 15 is 0 Å². The van der Waals surface area contributed by atoms with Crippen LogP contribution in [0.25, 0.3) is 0 Å². The molecule has 0 radical (unpaired) electrons. The summed E-state index contributed by atoms with van der Waals surface area (Å²) in [6.45, 7) is 2.25. The predicted molar refractivity (Wildman–Crippen MR) is 83.1 cm³/mol. The van der Waals surface area contributed by atoms with Crippen LogP contribution in [0.15, 0.2) is 30.3 Å². The lowest BCUT2D eigenvalue weighted by Gasteiger charge is -2.16. The maximum atomic E-state index is 13.8. The summed E-state index contributed by atoms with van der Waals surface area (Å²) in [6.07, 6.45) is -1.27. The largest absolute Gasteiger partial charge is 0.492 e. The first kappa shape index (κ1) is 16.4. The molecule has 2 aromatic rings. The fourth-order valence-electron chi connectivity index (χ4n) is 1.91. The van der Waals surface area contributed by atoms with Crippen molar-refractivity contribution in [3.8, 4) is 5.75 Å². The quantitative estimate of drug-likeness (QED) is 0.815. The van der Waals surface area contributed by atoms with Gasteiger partial charge in [-0.15, -0.1) is 0 Å². The Morgan fingerprint density at radius 1 is 1.10 bits per heavy atom. The molecule has 1 unspecified atom stereocenters. The molecule has 0 amide bonds. The number of hydrogen-bond acceptors (Lipinski definition) is 2. The van der Waals surface area contributed by atoms with E-state index in [0.717, 1.165) is 0 Å². The Hall–Kier alpha value is -1.00. The van der Waals surface area contributed by atoms with Crippen molar-refractivity contribution in [1.29, 1.82) is 0 Å². The molecule has 6 heteroatoms. The number of halogens is 4. The minimum atomic E-state index is -1.27. The van der Waals surface area contributed by atoms with Gasteiger partial charge in [0, 0.05) is 22.2 Å². The standard InChI is InChI=1S/C15H12Cl3FO2/c1-2-21-14-7-11(17)9(6-12(14)18)15(20)10-5-8(16)3-4-13(10)19/h3-7,15,20H,2H2,1H3. The van der Waals surface area contributed by atoms with Gasteiger partial charge >= 0.3 is 0 Å². The van der Waals surface area contributed by atoms with E-state index in [2.05, 4.69) is 0 Å². The highest BCUT2D eigenvalue weighted by atomic mass is 35.5. The van der Waals surface area contributed by atoms with Crippen LogP contribution >= 0.6 is 34.8 Å². The molecular formula is C15H12Cl3FO2. The summed E-state index contributed by atoms with van der Waals surface area (Å²) in [7, 11) is 0. The zero-order chi connectivity index (χ0) is 15.6. The summed E-state index contributed by atoms with van der Waals surface area (Å²) in [5, 5.41) is 11.2. The molecule has 112 valence electrons. The minimum Gasteiger partial charge on any atom is -0.492 e. The Bertz CT molecular complexity index is 662. The highest BCUT2D eigenvalue weighted by molar-refractivity contribution is 6.34. The van der Waals surface area contributed by atoms with Crippen molar-refractivity contribution < 1.29 is 14.2 Å². The maximum Gasteiger partial charge on any atom is 0.139 e. The van der Waals surface area contributed by atoms with Gasteiger partial charge in [-0.3, -0.25) is 0 Å². The van der Waals surface area contributed by atoms with Crippen LogP contribution in [0, 0.1) is 5.82 Å². The van der Waals surface area contributed by atoms with Gasteiger partial charge in [-0.1, -0.05) is 34.8 Å². The van der Waals surface area contributed by atoms with E-state index in [9.17, 15) is 9.50 Å². The zero-order valence-electron chi connectivity index (χ0n) is 11.0. The summed E-state index contributed by atoms with van der Waals surface area (Å²) in [4.78, 5) is 0. The number of aliphatic hydroxyl groups is 1. The van der Waals surface area contributed by atoms with Gasteiger partial charge in [0.05, 0.1) is 16.7 Å². The lowest BCUT2D eigenvalue weighted by molar-refractivity contribution is 0.215. The van der Waals surface area contributed by atoms with Gasteiger partial charge in [-0.2, -0.15) is 0 Å². The zero-order valence-corrected chi connectivity index (χ0v) is 13.3. The topological polar surface area (TPSA) is 29.5 Å². The number of benzene rings is 2. The molecular weight excluding hydrogens is 338 g/mol. The summed E-state index contributed by atoms with van der Waals surface area (Å²) in [6, 6.07) is 6.89. The minimum absolute atomic E-state index is 0.0321. The lowest BCUT2D eigenvalue weighted by atomic mass is 10.0. The first-order chi connectivity index (χ1) is 9.93. The van der Waals surface area contributed by atoms with E-state index in [1.165, 1.54) is 30.3 Å². The van der Waals surface area contributed by atoms with E-state index in [0.29, 0.717) is 17.4 Å². The molecule has 0 spiro atoms. The van der Waals surface area contributed by atoms with Gasteiger partial charge in [0.2, 0.25) is 0 Å². The molecule has 1 N–H and O–H groups in total. The first-order valence-electron chi connectivity index (χ1n) is 6.18. The monoisotopic (exact) mass is 348 g/mol. The normalized spacial score (nSPS) is 12.3. The number of aliphatic hydroxyl groups excluding tert-OH is 1. The predicted octanol–water partition coefficient (Wildman–Crippen LogP) is 5.27. The molecule has 1 atom stereocenters. The Balaban J connectivity index is 2.46. The summed E-state index contributed by atoms with van der Waals surface area (Å²) < 4.78 is 19.1. The molecule has 0 heterocycles. The van der Waals surface area contributed by atoms with E-state index in [1.807, 2.05) is 6.92 Å². The third kappa shape index (κ3) is 3.61. The second-order valence-corrected chi connectivity index (χ2v) is 5.56. The fourth-order valence-corrected chi connectivity index (χ4v) is 2.58. The van der Waals surface area contributed by atoms with Gasteiger partial charge in [-0.05, 0) is 31.2 Å². The van der Waals surface area contributed by atoms with Crippen molar-refractivity contribution in [2.75, 3.05) is 6.61 Å². The molecule has 0 fully saturated rings. The number of rotatable bonds is 4. The summed E-state index contributed by atoms with van der Waals surface area (Å²) >= 11 is 18.0. The smallest absolute Gasteiger partial charge is 0.139 e. The van der Waals surface area contributed by atoms with Gasteiger partial charge in [0.1, 0.15) is 17.7 Å². The molecule has 0 aliphatic rings. The highest BCUT2D eigenvalue weighted by Gasteiger charge is 2.20. The molecule has 0 aliphatic heterocycles. The fraction of sp³-hybridized carbons (Fsp3) is 0.200. The highest BCUT2D eigenvalue weighted by Crippen LogP contribution is 2.37. The Kier molecular flexibility index (Phi) is 5.33. The van der Waals surface area contributed by atoms with Crippen molar-refractivity contribution in [2.45, 2.75) is 13.0 Å². The molecule has 2 aromatic carbocycles.